The van der Waals surface area contributed by atoms with E-state index in [2.05, 4.69) is 76.3 Å². The van der Waals surface area contributed by atoms with E-state index in [4.69, 9.17) is 5.73 Å². The Labute approximate surface area is 135 Å². The third-order valence-electron chi connectivity index (χ3n) is 3.45. The third kappa shape index (κ3) is 2.35. The number of aromatic nitrogens is 2. The molecule has 3 nitrogen and oxygen atoms in total. The molecule has 0 aliphatic heterocycles. The number of hydrogen-bond acceptors (Lipinski definition) is 3. The average molecular weight is 395 g/mol. The van der Waals surface area contributed by atoms with Crippen molar-refractivity contribution in [3.05, 3.63) is 43.7 Å². The first kappa shape index (κ1) is 13.6. The number of H-pyrrole nitrogens is 1. The molecule has 3 aromatic rings. The summed E-state index contributed by atoms with van der Waals surface area (Å²) in [5.41, 5.74) is 12.8. The maximum atomic E-state index is 6.06. The van der Waals surface area contributed by atoms with Crippen LogP contribution in [0.5, 0.6) is 0 Å². The second-order valence-corrected chi connectivity index (χ2v) is 7.60. The topological polar surface area (TPSA) is 54.7 Å². The SMILES string of the molecule is Cc1ccc(-c2c(N)n[nH]c2-c2csc(I)c2)cc1C. The zero-order valence-corrected chi connectivity index (χ0v) is 14.2. The number of aromatic amines is 1. The van der Waals surface area contributed by atoms with Crippen molar-refractivity contribution in [3.8, 4) is 22.4 Å². The zero-order chi connectivity index (χ0) is 14.3. The van der Waals surface area contributed by atoms with Gasteiger partial charge in [0.2, 0.25) is 0 Å². The second-order valence-electron chi connectivity index (χ2n) is 4.80. The lowest BCUT2D eigenvalue weighted by Gasteiger charge is -2.06. The highest BCUT2D eigenvalue weighted by Gasteiger charge is 2.16. The van der Waals surface area contributed by atoms with Gasteiger partial charge in [0.25, 0.3) is 0 Å². The van der Waals surface area contributed by atoms with Crippen LogP contribution in [-0.2, 0) is 0 Å². The number of benzene rings is 1. The molecule has 0 spiro atoms. The van der Waals surface area contributed by atoms with Crippen LogP contribution in [0.4, 0.5) is 5.82 Å². The number of anilines is 1. The van der Waals surface area contributed by atoms with E-state index in [1.165, 1.54) is 14.0 Å². The van der Waals surface area contributed by atoms with Crippen molar-refractivity contribution < 1.29 is 0 Å². The fourth-order valence-corrected chi connectivity index (χ4v) is 3.53. The molecule has 3 rings (SSSR count). The highest BCUT2D eigenvalue weighted by Crippen LogP contribution is 2.37. The van der Waals surface area contributed by atoms with E-state index >= 15 is 0 Å². The maximum Gasteiger partial charge on any atom is 0.153 e. The molecule has 0 amide bonds. The molecule has 1 aromatic carbocycles. The number of halogens is 1. The maximum absolute atomic E-state index is 6.06. The number of nitrogens with one attached hydrogen (secondary N) is 1. The molecular weight excluding hydrogens is 381 g/mol. The summed E-state index contributed by atoms with van der Waals surface area (Å²) >= 11 is 4.04. The van der Waals surface area contributed by atoms with E-state index in [0.717, 1.165) is 22.4 Å². The average Bonchev–Trinajstić information content (AvgIpc) is 2.99. The lowest BCUT2D eigenvalue weighted by atomic mass is 9.98. The van der Waals surface area contributed by atoms with Crippen molar-refractivity contribution in [2.24, 2.45) is 0 Å². The highest BCUT2D eigenvalue weighted by molar-refractivity contribution is 14.1. The number of rotatable bonds is 2. The number of nitrogen functional groups attached to an aromatic ring is 1. The Morgan fingerprint density at radius 2 is 1.95 bits per heavy atom. The predicted molar refractivity (Wildman–Crippen MR) is 93.9 cm³/mol. The van der Waals surface area contributed by atoms with Crippen LogP contribution in [0.1, 0.15) is 11.1 Å². The minimum Gasteiger partial charge on any atom is -0.382 e. The molecule has 0 radical (unpaired) electrons. The van der Waals surface area contributed by atoms with E-state index in [1.807, 2.05) is 0 Å². The van der Waals surface area contributed by atoms with Gasteiger partial charge < -0.3 is 5.73 Å². The first-order chi connectivity index (χ1) is 9.56. The Hall–Kier alpha value is -1.34. The summed E-state index contributed by atoms with van der Waals surface area (Å²) in [6.45, 7) is 4.22. The molecule has 0 fully saturated rings. The summed E-state index contributed by atoms with van der Waals surface area (Å²) in [5.74, 6) is 0.546. The number of nitrogens with two attached hydrogens (primary N) is 1. The van der Waals surface area contributed by atoms with Gasteiger partial charge in [-0.3, -0.25) is 5.10 Å². The first-order valence-electron chi connectivity index (χ1n) is 6.22. The van der Waals surface area contributed by atoms with Crippen LogP contribution in [0.2, 0.25) is 0 Å². The van der Waals surface area contributed by atoms with Gasteiger partial charge in [-0.25, -0.2) is 0 Å². The molecule has 0 aliphatic carbocycles. The van der Waals surface area contributed by atoms with Gasteiger partial charge in [-0.1, -0.05) is 18.2 Å². The Balaban J connectivity index is 2.18. The van der Waals surface area contributed by atoms with Crippen molar-refractivity contribution in [2.75, 3.05) is 5.73 Å². The van der Waals surface area contributed by atoms with Crippen molar-refractivity contribution in [1.29, 1.82) is 0 Å². The van der Waals surface area contributed by atoms with E-state index in [9.17, 15) is 0 Å². The Morgan fingerprint density at radius 1 is 1.15 bits per heavy atom. The lowest BCUT2D eigenvalue weighted by Crippen LogP contribution is -1.90. The van der Waals surface area contributed by atoms with Gasteiger partial charge in [-0.05, 0) is 59.2 Å². The summed E-state index contributed by atoms with van der Waals surface area (Å²) in [5, 5.41) is 9.37. The van der Waals surface area contributed by atoms with E-state index < -0.39 is 0 Å². The predicted octanol–water partition coefficient (Wildman–Crippen LogP) is 4.61. The van der Waals surface area contributed by atoms with Gasteiger partial charge in [0.05, 0.1) is 14.1 Å². The molecule has 5 heteroatoms. The molecule has 2 heterocycles. The summed E-state index contributed by atoms with van der Waals surface area (Å²) in [6.07, 6.45) is 0. The Bertz CT molecular complexity index is 773. The van der Waals surface area contributed by atoms with Crippen LogP contribution in [0.25, 0.3) is 22.4 Å². The lowest BCUT2D eigenvalue weighted by molar-refractivity contribution is 1.10. The highest BCUT2D eigenvalue weighted by atomic mass is 127. The Kier molecular flexibility index (Phi) is 3.55. The van der Waals surface area contributed by atoms with Gasteiger partial charge in [0.1, 0.15) is 0 Å². The van der Waals surface area contributed by atoms with Gasteiger partial charge in [0, 0.05) is 10.9 Å². The van der Waals surface area contributed by atoms with Crippen molar-refractivity contribution in [1.82, 2.24) is 10.2 Å². The number of hydrogen-bond donors (Lipinski definition) is 2. The third-order valence-corrected chi connectivity index (χ3v) is 5.24. The smallest absolute Gasteiger partial charge is 0.153 e. The van der Waals surface area contributed by atoms with E-state index in [-0.39, 0.29) is 0 Å². The molecule has 3 N–H and O–H groups in total. The molecule has 2 aromatic heterocycles. The number of nitrogens with zero attached hydrogens (tertiary/aromatic N) is 1. The molecular formula is C15H14IN3S. The van der Waals surface area contributed by atoms with Crippen molar-refractivity contribution in [2.45, 2.75) is 13.8 Å². The minimum atomic E-state index is 0.546. The van der Waals surface area contributed by atoms with Crippen molar-refractivity contribution in [3.63, 3.8) is 0 Å². The number of aryl methyl sites for hydroxylation is 2. The van der Waals surface area contributed by atoms with Crippen LogP contribution in [0.15, 0.2) is 29.6 Å². The van der Waals surface area contributed by atoms with E-state index in [1.54, 1.807) is 11.3 Å². The quantitative estimate of drug-likeness (QED) is 0.623. The normalized spacial score (nSPS) is 10.9. The van der Waals surface area contributed by atoms with Crippen LogP contribution >= 0.6 is 33.9 Å². The molecule has 0 unspecified atom stereocenters. The second kappa shape index (κ2) is 5.21. The number of thiophene rings is 1. The summed E-state index contributed by atoms with van der Waals surface area (Å²) in [7, 11) is 0. The molecule has 20 heavy (non-hydrogen) atoms. The molecule has 0 aliphatic rings. The van der Waals surface area contributed by atoms with Gasteiger partial charge in [0.15, 0.2) is 5.82 Å². The Morgan fingerprint density at radius 3 is 2.60 bits per heavy atom. The van der Waals surface area contributed by atoms with Gasteiger partial charge in [-0.15, -0.1) is 11.3 Å². The fraction of sp³-hybridized carbons (Fsp3) is 0.133. The molecule has 0 saturated heterocycles. The standard InChI is InChI=1S/C15H14IN3S/c1-8-3-4-10(5-9(8)2)13-14(18-19-15(13)17)11-6-12(16)20-7-11/h3-7H,1-2H3,(H3,17,18,19). The molecule has 0 atom stereocenters. The molecule has 0 saturated carbocycles. The summed E-state index contributed by atoms with van der Waals surface area (Å²) in [4.78, 5) is 0. The van der Waals surface area contributed by atoms with Crippen molar-refractivity contribution >= 4 is 39.7 Å². The van der Waals surface area contributed by atoms with Crippen LogP contribution < -0.4 is 5.73 Å². The summed E-state index contributed by atoms with van der Waals surface area (Å²) in [6, 6.07) is 8.53. The summed E-state index contributed by atoms with van der Waals surface area (Å²) < 4.78 is 1.25. The molecule has 102 valence electrons. The van der Waals surface area contributed by atoms with Crippen LogP contribution in [0, 0.1) is 16.7 Å². The molecule has 0 bridgehead atoms. The van der Waals surface area contributed by atoms with Gasteiger partial charge in [-0.2, -0.15) is 5.10 Å². The first-order valence-corrected chi connectivity index (χ1v) is 8.18. The van der Waals surface area contributed by atoms with Gasteiger partial charge >= 0.3 is 0 Å². The zero-order valence-electron chi connectivity index (χ0n) is 11.2. The van der Waals surface area contributed by atoms with E-state index in [0.29, 0.717) is 5.82 Å². The largest absolute Gasteiger partial charge is 0.382 e. The van der Waals surface area contributed by atoms with Crippen LogP contribution in [-0.4, -0.2) is 10.2 Å². The van der Waals surface area contributed by atoms with Crippen LogP contribution in [0.3, 0.4) is 0 Å². The fourth-order valence-electron chi connectivity index (χ4n) is 2.20. The minimum absolute atomic E-state index is 0.546. The monoisotopic (exact) mass is 395 g/mol.